The molecule has 0 bridgehead atoms. The third-order valence-electron chi connectivity index (χ3n) is 13.2. The molecule has 0 fully saturated rings. The highest BCUT2D eigenvalue weighted by molar-refractivity contribution is 7.21. The molecule has 4 aromatic heterocycles. The molecule has 8 aromatic carbocycles. The Morgan fingerprint density at radius 1 is 0.438 bits per heavy atom. The van der Waals surface area contributed by atoms with E-state index in [0.29, 0.717) is 39.2 Å². The van der Waals surface area contributed by atoms with Gasteiger partial charge in [-0.3, -0.25) is 0 Å². The number of fused-ring (bicyclic) bond motifs is 13. The zero-order chi connectivity index (χ0) is 42.6. The van der Waals surface area contributed by atoms with Crippen LogP contribution < -0.4 is 0 Å². The number of aromatic nitrogens is 3. The van der Waals surface area contributed by atoms with Crippen molar-refractivity contribution in [2.24, 2.45) is 0 Å². The van der Waals surface area contributed by atoms with Gasteiger partial charge in [-0.15, -0.1) is 11.3 Å². The van der Waals surface area contributed by atoms with Gasteiger partial charge in [-0.1, -0.05) is 115 Å². The molecule has 0 saturated carbocycles. The fraction of sp³-hybridized carbons (Fsp3) is 0.0351. The van der Waals surface area contributed by atoms with Gasteiger partial charge in [0.1, 0.15) is 12.1 Å². The lowest BCUT2D eigenvalue weighted by Gasteiger charge is -2.26. The summed E-state index contributed by atoms with van der Waals surface area (Å²) in [6.07, 6.45) is 6.56. The van der Waals surface area contributed by atoms with E-state index >= 15 is 0 Å². The number of nitriles is 3. The number of allylic oxidation sites excluding steroid dienone is 1. The van der Waals surface area contributed by atoms with E-state index in [1.54, 1.807) is 12.1 Å². The first-order valence-electron chi connectivity index (χ1n) is 21.3. The van der Waals surface area contributed by atoms with E-state index in [-0.39, 0.29) is 0 Å². The third-order valence-corrected chi connectivity index (χ3v) is 14.5. The average molecular weight is 833 g/mol. The van der Waals surface area contributed by atoms with Gasteiger partial charge in [0.25, 0.3) is 0 Å². The summed E-state index contributed by atoms with van der Waals surface area (Å²) >= 11 is 1.84. The largest absolute Gasteiger partial charge is 0.306 e. The molecule has 64 heavy (non-hydrogen) atoms. The number of benzene rings is 8. The van der Waals surface area contributed by atoms with Crippen LogP contribution in [-0.2, 0) is 6.42 Å². The minimum atomic E-state index is 0.357. The van der Waals surface area contributed by atoms with Gasteiger partial charge in [-0.25, -0.2) is 0 Å². The summed E-state index contributed by atoms with van der Waals surface area (Å²) in [5, 5.41) is 41.5. The van der Waals surface area contributed by atoms with Crippen LogP contribution in [-0.4, -0.2) is 13.7 Å². The molecule has 296 valence electrons. The SMILES string of the molecule is N#Cc1ccc(-c2c(C#N)c(-n3c4ccccc4c4ccccc43)c(-n3c4ccccc4c4c5sc6c(c5ccc43)CCC=C6)c(-n3c4ccccc4c4ccccc43)c2C#N)cc1. The van der Waals surface area contributed by atoms with Crippen molar-refractivity contribution < 1.29 is 0 Å². The molecule has 0 atom stereocenters. The predicted octanol–water partition coefficient (Wildman–Crippen LogP) is 14.4. The topological polar surface area (TPSA) is 86.2 Å². The maximum atomic E-state index is 11.9. The molecule has 1 aliphatic carbocycles. The molecule has 0 N–H and O–H groups in total. The first-order chi connectivity index (χ1) is 31.7. The Hall–Kier alpha value is -8.67. The summed E-state index contributed by atoms with van der Waals surface area (Å²) in [6, 6.07) is 61.6. The second-order valence-corrected chi connectivity index (χ2v) is 17.5. The van der Waals surface area contributed by atoms with Crippen molar-refractivity contribution in [2.75, 3.05) is 0 Å². The second kappa shape index (κ2) is 13.7. The van der Waals surface area contributed by atoms with Crippen LogP contribution in [0.4, 0.5) is 0 Å². The average Bonchev–Trinajstić information content (AvgIpc) is 4.09. The van der Waals surface area contributed by atoms with Crippen molar-refractivity contribution in [3.8, 4) is 46.4 Å². The van der Waals surface area contributed by atoms with Gasteiger partial charge in [0.2, 0.25) is 0 Å². The molecule has 0 spiro atoms. The fourth-order valence-corrected chi connectivity index (χ4v) is 12.0. The second-order valence-electron chi connectivity index (χ2n) is 16.4. The smallest absolute Gasteiger partial charge is 0.102 e. The van der Waals surface area contributed by atoms with Crippen molar-refractivity contribution >= 4 is 92.9 Å². The molecule has 7 heteroatoms. The number of rotatable bonds is 4. The number of aryl methyl sites for hydroxylation is 1. The van der Waals surface area contributed by atoms with Gasteiger partial charge in [0.05, 0.1) is 72.9 Å². The van der Waals surface area contributed by atoms with Crippen molar-refractivity contribution in [1.29, 1.82) is 15.8 Å². The Morgan fingerprint density at radius 2 is 0.906 bits per heavy atom. The van der Waals surface area contributed by atoms with Crippen LogP contribution in [0.3, 0.4) is 0 Å². The van der Waals surface area contributed by atoms with Crippen LogP contribution >= 0.6 is 11.3 Å². The lowest BCUT2D eigenvalue weighted by Crippen LogP contribution is -2.14. The van der Waals surface area contributed by atoms with Crippen molar-refractivity contribution in [3.05, 3.63) is 191 Å². The zero-order valence-corrected chi connectivity index (χ0v) is 35.0. The maximum absolute atomic E-state index is 11.9. The molecule has 0 radical (unpaired) electrons. The predicted molar refractivity (Wildman–Crippen MR) is 262 cm³/mol. The molecular formula is C57H32N6S. The minimum absolute atomic E-state index is 0.357. The molecule has 0 saturated heterocycles. The minimum Gasteiger partial charge on any atom is -0.306 e. The number of hydrogen-bond acceptors (Lipinski definition) is 4. The maximum Gasteiger partial charge on any atom is 0.102 e. The standard InChI is InChI=1S/C57H32N6S/c58-31-34-25-27-35(28-26-34)52-43(32-59)54(61-45-19-7-1-13-36(45)37-14-2-8-20-46(37)61)56(55(44(52)33-60)62-47-21-9-3-15-38(47)39-16-4-10-22-48(39)62)63-49-23-11-5-18-42(49)53-50(63)30-29-41-40-17-6-12-24-51(40)64-57(41)53/h1-5,7-16,18-30H,6,17H2. The van der Waals surface area contributed by atoms with E-state index in [0.717, 1.165) is 83.9 Å². The van der Waals surface area contributed by atoms with E-state index in [1.807, 2.05) is 47.7 Å². The third kappa shape index (κ3) is 4.81. The normalized spacial score (nSPS) is 12.5. The summed E-state index contributed by atoms with van der Waals surface area (Å²) in [5.74, 6) is 0. The van der Waals surface area contributed by atoms with Crippen molar-refractivity contribution in [3.63, 3.8) is 0 Å². The Labute approximate surface area is 370 Å². The molecule has 0 aliphatic heterocycles. The van der Waals surface area contributed by atoms with Gasteiger partial charge in [0, 0.05) is 47.5 Å². The monoisotopic (exact) mass is 832 g/mol. The van der Waals surface area contributed by atoms with Crippen LogP contribution in [0.2, 0.25) is 0 Å². The molecule has 6 nitrogen and oxygen atoms in total. The van der Waals surface area contributed by atoms with Crippen LogP contribution in [0, 0.1) is 34.0 Å². The summed E-state index contributed by atoms with van der Waals surface area (Å²) in [5.41, 5.74) is 11.5. The highest BCUT2D eigenvalue weighted by Gasteiger charge is 2.33. The molecule has 1 aliphatic rings. The lowest BCUT2D eigenvalue weighted by molar-refractivity contribution is 1.01. The lowest BCUT2D eigenvalue weighted by atomic mass is 9.90. The summed E-state index contributed by atoms with van der Waals surface area (Å²) in [6.45, 7) is 0. The van der Waals surface area contributed by atoms with Crippen LogP contribution in [0.1, 0.15) is 33.6 Å². The number of thiophene rings is 1. The first kappa shape index (κ1) is 36.0. The fourth-order valence-electron chi connectivity index (χ4n) is 10.6. The van der Waals surface area contributed by atoms with E-state index in [9.17, 15) is 15.8 Å². The number of para-hydroxylation sites is 5. The van der Waals surface area contributed by atoms with Crippen LogP contribution in [0.25, 0.3) is 110 Å². The zero-order valence-electron chi connectivity index (χ0n) is 34.2. The molecule has 4 heterocycles. The van der Waals surface area contributed by atoms with Gasteiger partial charge >= 0.3 is 0 Å². The van der Waals surface area contributed by atoms with Crippen LogP contribution in [0.5, 0.6) is 0 Å². The van der Waals surface area contributed by atoms with Gasteiger partial charge in [-0.2, -0.15) is 15.8 Å². The Morgan fingerprint density at radius 3 is 1.41 bits per heavy atom. The van der Waals surface area contributed by atoms with Crippen molar-refractivity contribution in [2.45, 2.75) is 12.8 Å². The summed E-state index contributed by atoms with van der Waals surface area (Å²) in [4.78, 5) is 1.30. The van der Waals surface area contributed by atoms with E-state index < -0.39 is 0 Å². The molecule has 12 aromatic rings. The summed E-state index contributed by atoms with van der Waals surface area (Å²) < 4.78 is 8.06. The highest BCUT2D eigenvalue weighted by Crippen LogP contribution is 2.50. The van der Waals surface area contributed by atoms with Gasteiger partial charge in [-0.05, 0) is 84.0 Å². The number of nitrogens with zero attached hydrogens (tertiary/aromatic N) is 6. The Bertz CT molecular complexity index is 3910. The Kier molecular flexibility index (Phi) is 7.69. The van der Waals surface area contributed by atoms with E-state index in [1.165, 1.54) is 20.5 Å². The highest BCUT2D eigenvalue weighted by atomic mass is 32.1. The molecule has 13 rings (SSSR count). The van der Waals surface area contributed by atoms with Crippen LogP contribution in [0.15, 0.2) is 164 Å². The number of hydrogen-bond donors (Lipinski definition) is 0. The molecule has 0 amide bonds. The van der Waals surface area contributed by atoms with E-state index in [4.69, 9.17) is 0 Å². The Balaban J connectivity index is 1.35. The van der Waals surface area contributed by atoms with Gasteiger partial charge in [0.15, 0.2) is 0 Å². The molecule has 0 unspecified atom stereocenters. The first-order valence-corrected chi connectivity index (χ1v) is 22.2. The van der Waals surface area contributed by atoms with Gasteiger partial charge < -0.3 is 13.7 Å². The van der Waals surface area contributed by atoms with Crippen molar-refractivity contribution in [1.82, 2.24) is 13.7 Å². The summed E-state index contributed by atoms with van der Waals surface area (Å²) in [7, 11) is 0. The quantitative estimate of drug-likeness (QED) is 0.177. The molecular weight excluding hydrogens is 801 g/mol. The van der Waals surface area contributed by atoms with E-state index in [2.05, 4.69) is 153 Å².